The van der Waals surface area contributed by atoms with Gasteiger partial charge in [0.05, 0.1) is 6.54 Å². The lowest BCUT2D eigenvalue weighted by molar-refractivity contribution is 0.0827. The van der Waals surface area contributed by atoms with Crippen LogP contribution in [-0.4, -0.2) is 57.0 Å². The molecule has 0 aliphatic carbocycles. The molecule has 0 aliphatic heterocycles. The summed E-state index contributed by atoms with van der Waals surface area (Å²) in [5.74, 6) is 0.806. The number of rotatable bonds is 9. The van der Waals surface area contributed by atoms with Crippen molar-refractivity contribution in [1.82, 2.24) is 15.5 Å². The molecule has 0 radical (unpaired) electrons. The largest absolute Gasteiger partial charge is 0.370 e. The average Bonchev–Trinajstić information content (AvgIpc) is 2.74. The minimum atomic E-state index is 0.00847. The number of amides is 1. The molecule has 0 saturated carbocycles. The Morgan fingerprint density at radius 1 is 1.03 bits per heavy atom. The van der Waals surface area contributed by atoms with Crippen LogP contribution in [0.15, 0.2) is 53.5 Å². The first-order chi connectivity index (χ1) is 14.4. The second-order valence-electron chi connectivity index (χ2n) is 7.44. The summed E-state index contributed by atoms with van der Waals surface area (Å²) in [6.07, 6.45) is 0. The summed E-state index contributed by atoms with van der Waals surface area (Å²) in [7, 11) is 3.51. The first kappa shape index (κ1) is 23.3. The number of carbonyl (C=O) groups is 1. The lowest BCUT2D eigenvalue weighted by atomic mass is 10.1. The number of benzene rings is 2. The van der Waals surface area contributed by atoms with Crippen molar-refractivity contribution in [2.24, 2.45) is 4.99 Å². The van der Waals surface area contributed by atoms with E-state index in [1.54, 1.807) is 19.0 Å². The highest BCUT2D eigenvalue weighted by Crippen LogP contribution is 2.15. The van der Waals surface area contributed by atoms with Crippen molar-refractivity contribution < 1.29 is 4.79 Å². The Bertz CT molecular complexity index is 830. The maximum Gasteiger partial charge on any atom is 0.253 e. The van der Waals surface area contributed by atoms with Gasteiger partial charge in [0.1, 0.15) is 0 Å². The van der Waals surface area contributed by atoms with E-state index in [1.807, 2.05) is 24.3 Å². The molecule has 2 aromatic rings. The molecule has 0 fully saturated rings. The number of likely N-dealkylation sites (N-methyl/N-ethyl adjacent to an activating group) is 1. The molecular weight excluding hydrogens is 374 g/mol. The van der Waals surface area contributed by atoms with Gasteiger partial charge < -0.3 is 20.4 Å². The lowest BCUT2D eigenvalue weighted by Gasteiger charge is -2.24. The number of hydrogen-bond donors (Lipinski definition) is 2. The molecule has 2 aromatic carbocycles. The van der Waals surface area contributed by atoms with Gasteiger partial charge in [0.25, 0.3) is 5.91 Å². The molecule has 0 unspecified atom stereocenters. The highest BCUT2D eigenvalue weighted by Gasteiger charge is 2.08. The number of anilines is 1. The lowest BCUT2D eigenvalue weighted by Crippen LogP contribution is -2.41. The fourth-order valence-corrected chi connectivity index (χ4v) is 3.13. The summed E-state index contributed by atoms with van der Waals surface area (Å²) in [6.45, 7) is 10.4. The third-order valence-electron chi connectivity index (χ3n) is 4.79. The number of carbonyl (C=O) groups excluding carboxylic acids is 1. The number of nitrogens with zero attached hydrogens (tertiary/aromatic N) is 3. The van der Waals surface area contributed by atoms with Gasteiger partial charge in [0.2, 0.25) is 0 Å². The summed E-state index contributed by atoms with van der Waals surface area (Å²) in [6, 6.07) is 16.2. The highest BCUT2D eigenvalue weighted by molar-refractivity contribution is 5.93. The molecule has 0 aliphatic rings. The van der Waals surface area contributed by atoms with Gasteiger partial charge in [-0.1, -0.05) is 24.3 Å². The normalized spacial score (nSPS) is 11.2. The molecule has 6 heteroatoms. The Kier molecular flexibility index (Phi) is 9.19. The average molecular weight is 410 g/mol. The molecule has 0 spiro atoms. The van der Waals surface area contributed by atoms with Crippen LogP contribution in [0.4, 0.5) is 5.69 Å². The molecular formula is C24H35N5O. The van der Waals surface area contributed by atoms with Crippen LogP contribution in [0.2, 0.25) is 0 Å². The van der Waals surface area contributed by atoms with Crippen LogP contribution in [0.3, 0.4) is 0 Å². The molecule has 0 atom stereocenters. The zero-order valence-corrected chi connectivity index (χ0v) is 18.9. The van der Waals surface area contributed by atoms with Gasteiger partial charge in [-0.2, -0.15) is 0 Å². The maximum atomic E-state index is 12.0. The van der Waals surface area contributed by atoms with Crippen LogP contribution in [-0.2, 0) is 6.54 Å². The van der Waals surface area contributed by atoms with E-state index >= 15 is 0 Å². The number of aliphatic imine (C=N–C) groups is 1. The molecule has 1 amide bonds. The molecule has 0 heterocycles. The van der Waals surface area contributed by atoms with Crippen molar-refractivity contribution in [2.75, 3.05) is 45.2 Å². The second-order valence-corrected chi connectivity index (χ2v) is 7.44. The maximum absolute atomic E-state index is 12.0. The van der Waals surface area contributed by atoms with E-state index in [0.717, 1.165) is 37.7 Å². The highest BCUT2D eigenvalue weighted by atomic mass is 16.2. The van der Waals surface area contributed by atoms with Gasteiger partial charge in [0.15, 0.2) is 5.96 Å². The van der Waals surface area contributed by atoms with Crippen LogP contribution in [0.1, 0.15) is 35.3 Å². The first-order valence-electron chi connectivity index (χ1n) is 10.6. The van der Waals surface area contributed by atoms with Crippen molar-refractivity contribution in [3.05, 3.63) is 65.2 Å². The van der Waals surface area contributed by atoms with E-state index in [2.05, 4.69) is 65.6 Å². The number of aryl methyl sites for hydroxylation is 1. The monoisotopic (exact) mass is 409 g/mol. The summed E-state index contributed by atoms with van der Waals surface area (Å²) in [5.41, 5.74) is 4.27. The van der Waals surface area contributed by atoms with Gasteiger partial charge in [0, 0.05) is 51.5 Å². The van der Waals surface area contributed by atoms with Gasteiger partial charge in [-0.3, -0.25) is 4.79 Å². The Morgan fingerprint density at radius 2 is 1.77 bits per heavy atom. The quantitative estimate of drug-likeness (QED) is 0.493. The van der Waals surface area contributed by atoms with Crippen LogP contribution < -0.4 is 15.5 Å². The standard InChI is InChI=1S/C24H35N5O/c1-6-25-24(26-15-16-29(7-2)22-10-8-9-19(3)17-22)27-18-20-11-13-21(14-12-20)23(30)28(4)5/h8-14,17H,6-7,15-16,18H2,1-5H3,(H2,25,26,27). The van der Waals surface area contributed by atoms with Crippen molar-refractivity contribution in [2.45, 2.75) is 27.3 Å². The molecule has 2 N–H and O–H groups in total. The molecule has 6 nitrogen and oxygen atoms in total. The fourth-order valence-electron chi connectivity index (χ4n) is 3.13. The molecule has 0 aromatic heterocycles. The van der Waals surface area contributed by atoms with Gasteiger partial charge >= 0.3 is 0 Å². The molecule has 2 rings (SSSR count). The zero-order valence-electron chi connectivity index (χ0n) is 18.9. The number of hydrogen-bond acceptors (Lipinski definition) is 3. The van der Waals surface area contributed by atoms with Gasteiger partial charge in [-0.05, 0) is 56.2 Å². The molecule has 0 saturated heterocycles. The minimum Gasteiger partial charge on any atom is -0.370 e. The summed E-state index contributed by atoms with van der Waals surface area (Å²) in [5, 5.41) is 6.72. The minimum absolute atomic E-state index is 0.00847. The SMILES string of the molecule is CCNC(=NCc1ccc(C(=O)N(C)C)cc1)NCCN(CC)c1cccc(C)c1. The van der Waals surface area contributed by atoms with E-state index in [0.29, 0.717) is 12.1 Å². The molecule has 162 valence electrons. The summed E-state index contributed by atoms with van der Waals surface area (Å²) >= 11 is 0. The van der Waals surface area contributed by atoms with Crippen LogP contribution >= 0.6 is 0 Å². The number of guanidine groups is 1. The Morgan fingerprint density at radius 3 is 2.37 bits per heavy atom. The van der Waals surface area contributed by atoms with Crippen molar-refractivity contribution in [3.8, 4) is 0 Å². The Balaban J connectivity index is 1.93. The Hall–Kier alpha value is -3.02. The Labute approximate surface area is 181 Å². The van der Waals surface area contributed by atoms with Gasteiger partial charge in [-0.25, -0.2) is 4.99 Å². The molecule has 0 bridgehead atoms. The van der Waals surface area contributed by atoms with Crippen molar-refractivity contribution >= 4 is 17.6 Å². The predicted octanol–water partition coefficient (Wildman–Crippen LogP) is 3.28. The van der Waals surface area contributed by atoms with Crippen molar-refractivity contribution in [1.29, 1.82) is 0 Å². The molecule has 30 heavy (non-hydrogen) atoms. The van der Waals surface area contributed by atoms with Gasteiger partial charge in [-0.15, -0.1) is 0 Å². The van der Waals surface area contributed by atoms with E-state index in [1.165, 1.54) is 11.3 Å². The summed E-state index contributed by atoms with van der Waals surface area (Å²) in [4.78, 5) is 20.6. The van der Waals surface area contributed by atoms with Crippen LogP contribution in [0.25, 0.3) is 0 Å². The smallest absolute Gasteiger partial charge is 0.253 e. The topological polar surface area (TPSA) is 60.0 Å². The third kappa shape index (κ3) is 7.10. The predicted molar refractivity (Wildman–Crippen MR) is 126 cm³/mol. The van der Waals surface area contributed by atoms with E-state index in [-0.39, 0.29) is 5.91 Å². The third-order valence-corrected chi connectivity index (χ3v) is 4.79. The van der Waals surface area contributed by atoms with Crippen LogP contribution in [0.5, 0.6) is 0 Å². The van der Waals surface area contributed by atoms with E-state index in [4.69, 9.17) is 0 Å². The second kappa shape index (κ2) is 11.9. The first-order valence-corrected chi connectivity index (χ1v) is 10.6. The van der Waals surface area contributed by atoms with E-state index < -0.39 is 0 Å². The van der Waals surface area contributed by atoms with E-state index in [9.17, 15) is 4.79 Å². The zero-order chi connectivity index (χ0) is 21.9. The number of nitrogens with one attached hydrogen (secondary N) is 2. The summed E-state index contributed by atoms with van der Waals surface area (Å²) < 4.78 is 0. The van der Waals surface area contributed by atoms with Crippen molar-refractivity contribution in [3.63, 3.8) is 0 Å². The fraction of sp³-hybridized carbons (Fsp3) is 0.417. The van der Waals surface area contributed by atoms with Crippen LogP contribution in [0, 0.1) is 6.92 Å².